The highest BCUT2D eigenvalue weighted by atomic mass is 19.1. The van der Waals surface area contributed by atoms with Gasteiger partial charge in [-0.2, -0.15) is 0 Å². The molecule has 18 heavy (non-hydrogen) atoms. The van der Waals surface area contributed by atoms with Crippen molar-refractivity contribution in [2.75, 3.05) is 6.54 Å². The van der Waals surface area contributed by atoms with Gasteiger partial charge in [0.2, 0.25) is 5.91 Å². The van der Waals surface area contributed by atoms with Gasteiger partial charge in [-0.05, 0) is 30.5 Å². The third-order valence-electron chi connectivity index (χ3n) is 2.71. The lowest BCUT2D eigenvalue weighted by atomic mass is 10.1. The van der Waals surface area contributed by atoms with Crippen molar-refractivity contribution in [2.45, 2.75) is 38.7 Å². The van der Waals surface area contributed by atoms with Crippen LogP contribution in [0.5, 0.6) is 0 Å². The van der Waals surface area contributed by atoms with E-state index in [0.717, 1.165) is 12.0 Å². The minimum absolute atomic E-state index is 0.0884. The summed E-state index contributed by atoms with van der Waals surface area (Å²) < 4.78 is 12.7. The number of aliphatic hydroxyl groups excluding tert-OH is 1. The summed E-state index contributed by atoms with van der Waals surface area (Å²) >= 11 is 0. The van der Waals surface area contributed by atoms with Crippen LogP contribution in [0.4, 0.5) is 4.39 Å². The molecule has 1 rings (SSSR count). The SMILES string of the molecule is CCCC(O)CNC(=O)CCc1ccc(F)cc1. The molecule has 0 bridgehead atoms. The standard InChI is InChI=1S/C14H20FNO2/c1-2-3-13(17)10-16-14(18)9-6-11-4-7-12(15)8-5-11/h4-5,7-8,13,17H,2-3,6,9-10H2,1H3,(H,16,18). The molecule has 0 aliphatic carbocycles. The maximum Gasteiger partial charge on any atom is 0.220 e. The van der Waals surface area contributed by atoms with Crippen molar-refractivity contribution in [1.29, 1.82) is 0 Å². The van der Waals surface area contributed by atoms with Crippen LogP contribution in [0.3, 0.4) is 0 Å². The van der Waals surface area contributed by atoms with Crippen LogP contribution >= 0.6 is 0 Å². The quantitative estimate of drug-likeness (QED) is 0.781. The van der Waals surface area contributed by atoms with Crippen molar-refractivity contribution in [3.8, 4) is 0 Å². The molecule has 0 aliphatic rings. The molecular formula is C14H20FNO2. The normalized spacial score (nSPS) is 12.2. The van der Waals surface area contributed by atoms with E-state index in [2.05, 4.69) is 5.32 Å². The molecule has 2 N–H and O–H groups in total. The molecule has 1 aromatic rings. The summed E-state index contributed by atoms with van der Waals surface area (Å²) in [5.41, 5.74) is 0.931. The fraction of sp³-hybridized carbons (Fsp3) is 0.500. The van der Waals surface area contributed by atoms with E-state index in [9.17, 15) is 14.3 Å². The number of aryl methyl sites for hydroxylation is 1. The molecule has 0 spiro atoms. The molecule has 0 aliphatic heterocycles. The summed E-state index contributed by atoms with van der Waals surface area (Å²) in [5, 5.41) is 12.1. The third kappa shape index (κ3) is 5.77. The monoisotopic (exact) mass is 253 g/mol. The number of hydrogen-bond donors (Lipinski definition) is 2. The molecule has 1 unspecified atom stereocenters. The number of aliphatic hydroxyl groups is 1. The lowest BCUT2D eigenvalue weighted by Gasteiger charge is -2.10. The van der Waals surface area contributed by atoms with E-state index in [4.69, 9.17) is 0 Å². The number of rotatable bonds is 7. The van der Waals surface area contributed by atoms with Crippen molar-refractivity contribution in [3.63, 3.8) is 0 Å². The van der Waals surface area contributed by atoms with Gasteiger partial charge in [0, 0.05) is 13.0 Å². The van der Waals surface area contributed by atoms with Gasteiger partial charge in [-0.3, -0.25) is 4.79 Å². The van der Waals surface area contributed by atoms with Crippen molar-refractivity contribution in [2.24, 2.45) is 0 Å². The summed E-state index contributed by atoms with van der Waals surface area (Å²) in [6.45, 7) is 2.29. The second kappa shape index (κ2) is 7.82. The maximum absolute atomic E-state index is 12.7. The van der Waals surface area contributed by atoms with Crippen molar-refractivity contribution in [3.05, 3.63) is 35.6 Å². The average molecular weight is 253 g/mol. The molecule has 4 heteroatoms. The second-order valence-corrected chi connectivity index (χ2v) is 4.37. The molecule has 3 nitrogen and oxygen atoms in total. The molecule has 1 atom stereocenters. The number of halogens is 1. The summed E-state index contributed by atoms with van der Waals surface area (Å²) in [7, 11) is 0. The Hall–Kier alpha value is -1.42. The zero-order valence-corrected chi connectivity index (χ0v) is 10.7. The van der Waals surface area contributed by atoms with Gasteiger partial charge < -0.3 is 10.4 Å². The molecule has 0 saturated carbocycles. The Kier molecular flexibility index (Phi) is 6.36. The topological polar surface area (TPSA) is 49.3 Å². The van der Waals surface area contributed by atoms with Gasteiger partial charge in [-0.15, -0.1) is 0 Å². The lowest BCUT2D eigenvalue weighted by Crippen LogP contribution is -2.32. The fourth-order valence-electron chi connectivity index (χ4n) is 1.66. The van der Waals surface area contributed by atoms with Crippen LogP contribution in [0, 0.1) is 5.82 Å². The van der Waals surface area contributed by atoms with E-state index in [1.54, 1.807) is 12.1 Å². The highest BCUT2D eigenvalue weighted by Gasteiger charge is 2.06. The van der Waals surface area contributed by atoms with Crippen LogP contribution in [0.1, 0.15) is 31.7 Å². The zero-order chi connectivity index (χ0) is 13.4. The Morgan fingerprint density at radius 2 is 2.06 bits per heavy atom. The second-order valence-electron chi connectivity index (χ2n) is 4.37. The van der Waals surface area contributed by atoms with Gasteiger partial charge in [0.25, 0.3) is 0 Å². The Morgan fingerprint density at radius 1 is 1.39 bits per heavy atom. The number of benzene rings is 1. The van der Waals surface area contributed by atoms with E-state index in [-0.39, 0.29) is 11.7 Å². The first kappa shape index (κ1) is 14.6. The van der Waals surface area contributed by atoms with Crippen molar-refractivity contribution >= 4 is 5.91 Å². The molecule has 0 radical (unpaired) electrons. The van der Waals surface area contributed by atoms with Crippen LogP contribution in [0.2, 0.25) is 0 Å². The van der Waals surface area contributed by atoms with Gasteiger partial charge in [0.05, 0.1) is 6.10 Å². The van der Waals surface area contributed by atoms with Crippen LogP contribution in [-0.2, 0) is 11.2 Å². The summed E-state index contributed by atoms with van der Waals surface area (Å²) in [5.74, 6) is -0.361. The number of nitrogens with one attached hydrogen (secondary N) is 1. The first-order valence-corrected chi connectivity index (χ1v) is 6.31. The van der Waals surface area contributed by atoms with Gasteiger partial charge in [0.15, 0.2) is 0 Å². The molecule has 0 aromatic heterocycles. The van der Waals surface area contributed by atoms with Gasteiger partial charge >= 0.3 is 0 Å². The third-order valence-corrected chi connectivity index (χ3v) is 2.71. The Labute approximate surface area is 107 Å². The first-order valence-electron chi connectivity index (χ1n) is 6.31. The molecule has 0 saturated heterocycles. The van der Waals surface area contributed by atoms with Crippen LogP contribution in [0.15, 0.2) is 24.3 Å². The number of hydrogen-bond acceptors (Lipinski definition) is 2. The van der Waals surface area contributed by atoms with Gasteiger partial charge in [-0.1, -0.05) is 25.5 Å². The molecule has 0 heterocycles. The van der Waals surface area contributed by atoms with Crippen LogP contribution in [0.25, 0.3) is 0 Å². The van der Waals surface area contributed by atoms with E-state index < -0.39 is 6.10 Å². The molecule has 1 aromatic carbocycles. The van der Waals surface area contributed by atoms with Gasteiger partial charge in [0.1, 0.15) is 5.82 Å². The number of amides is 1. The molecule has 100 valence electrons. The Bertz CT molecular complexity index is 365. The predicted octanol–water partition coefficient (Wildman–Crippen LogP) is 2.04. The largest absolute Gasteiger partial charge is 0.391 e. The minimum atomic E-state index is -0.468. The van der Waals surface area contributed by atoms with E-state index in [0.29, 0.717) is 25.8 Å². The van der Waals surface area contributed by atoms with Crippen LogP contribution in [-0.4, -0.2) is 23.7 Å². The highest BCUT2D eigenvalue weighted by molar-refractivity contribution is 5.76. The average Bonchev–Trinajstić information content (AvgIpc) is 2.36. The molecule has 0 fully saturated rings. The van der Waals surface area contributed by atoms with E-state index in [1.165, 1.54) is 12.1 Å². The first-order chi connectivity index (χ1) is 8.61. The highest BCUT2D eigenvalue weighted by Crippen LogP contribution is 2.05. The summed E-state index contributed by atoms with van der Waals surface area (Å²) in [6.07, 6.45) is 2.05. The van der Waals surface area contributed by atoms with Crippen molar-refractivity contribution in [1.82, 2.24) is 5.32 Å². The van der Waals surface area contributed by atoms with E-state index in [1.807, 2.05) is 6.92 Å². The predicted molar refractivity (Wildman–Crippen MR) is 68.6 cm³/mol. The lowest BCUT2D eigenvalue weighted by molar-refractivity contribution is -0.121. The van der Waals surface area contributed by atoms with Crippen molar-refractivity contribution < 1.29 is 14.3 Å². The maximum atomic E-state index is 12.7. The minimum Gasteiger partial charge on any atom is -0.391 e. The smallest absolute Gasteiger partial charge is 0.220 e. The Balaban J connectivity index is 2.22. The number of carbonyl (C=O) groups excluding carboxylic acids is 1. The molecular weight excluding hydrogens is 233 g/mol. The fourth-order valence-corrected chi connectivity index (χ4v) is 1.66. The van der Waals surface area contributed by atoms with Gasteiger partial charge in [-0.25, -0.2) is 4.39 Å². The summed E-state index contributed by atoms with van der Waals surface area (Å²) in [6, 6.07) is 6.12. The number of carbonyl (C=O) groups is 1. The zero-order valence-electron chi connectivity index (χ0n) is 10.7. The molecule has 1 amide bonds. The van der Waals surface area contributed by atoms with E-state index >= 15 is 0 Å². The van der Waals surface area contributed by atoms with Crippen LogP contribution < -0.4 is 5.32 Å². The summed E-state index contributed by atoms with van der Waals surface area (Å²) in [4.78, 5) is 11.5. The Morgan fingerprint density at radius 3 is 2.67 bits per heavy atom.